The number of nitrogens with zero attached hydrogens (tertiary/aromatic N) is 2. The number of fused-ring (bicyclic) bond motifs is 1. The van der Waals surface area contributed by atoms with Gasteiger partial charge in [0.1, 0.15) is 13.1 Å². The van der Waals surface area contributed by atoms with E-state index in [9.17, 15) is 14.4 Å². The Labute approximate surface area is 121 Å². The average Bonchev–Trinajstić information content (AvgIpc) is 2.44. The van der Waals surface area contributed by atoms with Crippen LogP contribution in [0.1, 0.15) is 12.0 Å². The normalized spacial score (nSPS) is 13.4. The highest BCUT2D eigenvalue weighted by Gasteiger charge is 2.28. The molecule has 1 aliphatic heterocycles. The highest BCUT2D eigenvalue weighted by molar-refractivity contribution is 5.96. The molecule has 0 aliphatic carbocycles. The van der Waals surface area contributed by atoms with Crippen molar-refractivity contribution >= 4 is 23.6 Å². The van der Waals surface area contributed by atoms with E-state index in [0.717, 1.165) is 29.0 Å². The summed E-state index contributed by atoms with van der Waals surface area (Å²) >= 11 is 0. The third-order valence-electron chi connectivity index (χ3n) is 3.28. The van der Waals surface area contributed by atoms with Gasteiger partial charge in [0.15, 0.2) is 0 Å². The predicted molar refractivity (Wildman–Crippen MR) is 75.9 cm³/mol. The molecule has 0 saturated carbocycles. The minimum atomic E-state index is -1.19. The van der Waals surface area contributed by atoms with Crippen molar-refractivity contribution in [2.75, 3.05) is 24.5 Å². The highest BCUT2D eigenvalue weighted by atomic mass is 16.4. The van der Waals surface area contributed by atoms with Crippen molar-refractivity contribution in [2.45, 2.75) is 12.8 Å². The molecule has 0 atom stereocenters. The molecule has 1 heterocycles. The van der Waals surface area contributed by atoms with Gasteiger partial charge in [-0.25, -0.2) is 4.79 Å². The molecule has 1 aromatic rings. The minimum Gasteiger partial charge on any atom is -0.480 e. The van der Waals surface area contributed by atoms with E-state index < -0.39 is 31.0 Å². The number of aryl methyl sites for hydroxylation is 1. The highest BCUT2D eigenvalue weighted by Crippen LogP contribution is 2.27. The van der Waals surface area contributed by atoms with Crippen molar-refractivity contribution in [1.82, 2.24) is 4.90 Å². The predicted octanol–water partition coefficient (Wildman–Crippen LogP) is 0.431. The first-order valence-electron chi connectivity index (χ1n) is 6.63. The summed E-state index contributed by atoms with van der Waals surface area (Å²) in [6, 6.07) is 6.95. The molecule has 0 aromatic heterocycles. The minimum absolute atomic E-state index is 0.413. The monoisotopic (exact) mass is 291 g/mol. The molecule has 2 rings (SSSR count). The number of hydrogen-bond acceptors (Lipinski definition) is 3. The molecule has 0 unspecified atom stereocenters. The summed E-state index contributed by atoms with van der Waals surface area (Å²) < 4.78 is 0. The van der Waals surface area contributed by atoms with Crippen LogP contribution in [0.5, 0.6) is 0 Å². The van der Waals surface area contributed by atoms with Crippen molar-refractivity contribution in [3.8, 4) is 0 Å². The van der Waals surface area contributed by atoms with E-state index >= 15 is 0 Å². The number of amides is 3. The number of rotatable bonds is 4. The Hall–Kier alpha value is -2.57. The van der Waals surface area contributed by atoms with E-state index in [1.807, 2.05) is 24.3 Å². The van der Waals surface area contributed by atoms with Gasteiger partial charge in [0.05, 0.1) is 0 Å². The lowest BCUT2D eigenvalue weighted by molar-refractivity contribution is -0.137. The maximum absolute atomic E-state index is 12.5. The van der Waals surface area contributed by atoms with Gasteiger partial charge in [0, 0.05) is 12.2 Å². The molecule has 3 N–H and O–H groups in total. The third-order valence-corrected chi connectivity index (χ3v) is 3.28. The fourth-order valence-corrected chi connectivity index (χ4v) is 2.45. The quantitative estimate of drug-likeness (QED) is 0.839. The van der Waals surface area contributed by atoms with E-state index in [-0.39, 0.29) is 0 Å². The second-order valence-electron chi connectivity index (χ2n) is 4.88. The molecule has 0 radical (unpaired) electrons. The van der Waals surface area contributed by atoms with E-state index in [1.54, 1.807) is 0 Å². The largest absolute Gasteiger partial charge is 0.480 e. The molecule has 1 aliphatic rings. The molecule has 3 amide bonds. The lowest BCUT2D eigenvalue weighted by Gasteiger charge is -2.33. The number of carboxylic acids is 1. The molecule has 21 heavy (non-hydrogen) atoms. The van der Waals surface area contributed by atoms with Crippen molar-refractivity contribution in [1.29, 1.82) is 0 Å². The van der Waals surface area contributed by atoms with E-state index in [0.29, 0.717) is 6.54 Å². The Morgan fingerprint density at radius 3 is 2.62 bits per heavy atom. The molecule has 7 nitrogen and oxygen atoms in total. The molecule has 0 spiro atoms. The second kappa shape index (κ2) is 6.25. The van der Waals surface area contributed by atoms with Crippen molar-refractivity contribution < 1.29 is 19.5 Å². The van der Waals surface area contributed by atoms with Crippen LogP contribution in [-0.4, -0.2) is 47.5 Å². The number of carbonyl (C=O) groups is 3. The van der Waals surface area contributed by atoms with Crippen molar-refractivity contribution in [3.63, 3.8) is 0 Å². The van der Waals surface area contributed by atoms with Gasteiger partial charge in [-0.1, -0.05) is 18.2 Å². The standard InChI is InChI=1S/C14H17N3O4/c15-12(18)8-16(9-13(19)20)14(21)17-7-3-5-10-4-1-2-6-11(10)17/h1-2,4,6H,3,5,7-9H2,(H2,15,18)(H,19,20). The zero-order chi connectivity index (χ0) is 15.4. The van der Waals surface area contributed by atoms with Gasteiger partial charge in [0.2, 0.25) is 5.91 Å². The number of hydrogen-bond donors (Lipinski definition) is 2. The van der Waals surface area contributed by atoms with Gasteiger partial charge in [0.25, 0.3) is 0 Å². The summed E-state index contributed by atoms with van der Waals surface area (Å²) in [5, 5.41) is 8.87. The lowest BCUT2D eigenvalue weighted by Crippen LogP contribution is -2.50. The first-order chi connectivity index (χ1) is 9.99. The lowest BCUT2D eigenvalue weighted by atomic mass is 10.0. The molecule has 1 aromatic carbocycles. The fraction of sp³-hybridized carbons (Fsp3) is 0.357. The Bertz CT molecular complexity index is 557. The SMILES string of the molecule is NC(=O)CN(CC(=O)O)C(=O)N1CCCc2ccccc21. The maximum Gasteiger partial charge on any atom is 0.325 e. The fourth-order valence-electron chi connectivity index (χ4n) is 2.45. The van der Waals surface area contributed by atoms with Gasteiger partial charge in [-0.2, -0.15) is 0 Å². The number of aliphatic carboxylic acids is 1. The summed E-state index contributed by atoms with van der Waals surface area (Å²) in [5.41, 5.74) is 6.88. The second-order valence-corrected chi connectivity index (χ2v) is 4.88. The van der Waals surface area contributed by atoms with Crippen LogP contribution in [0.4, 0.5) is 10.5 Å². The van der Waals surface area contributed by atoms with Crippen LogP contribution in [-0.2, 0) is 16.0 Å². The summed E-state index contributed by atoms with van der Waals surface area (Å²) in [4.78, 5) is 36.9. The van der Waals surface area contributed by atoms with Crippen molar-refractivity contribution in [3.05, 3.63) is 29.8 Å². The summed E-state index contributed by atoms with van der Waals surface area (Å²) in [5.74, 6) is -1.93. The van der Waals surface area contributed by atoms with Crippen LogP contribution in [0.2, 0.25) is 0 Å². The maximum atomic E-state index is 12.5. The van der Waals surface area contributed by atoms with Crippen LogP contribution in [0.25, 0.3) is 0 Å². The Kier molecular flexibility index (Phi) is 4.42. The van der Waals surface area contributed by atoms with E-state index in [2.05, 4.69) is 0 Å². The number of urea groups is 1. The Balaban J connectivity index is 2.25. The van der Waals surface area contributed by atoms with Crippen LogP contribution in [0, 0.1) is 0 Å². The number of anilines is 1. The summed E-state index contributed by atoms with van der Waals surface area (Å²) in [6.07, 6.45) is 1.66. The zero-order valence-corrected chi connectivity index (χ0v) is 11.5. The summed E-state index contributed by atoms with van der Waals surface area (Å²) in [7, 11) is 0. The van der Waals surface area contributed by atoms with Gasteiger partial charge in [-0.05, 0) is 24.5 Å². The number of nitrogens with two attached hydrogens (primary N) is 1. The summed E-state index contributed by atoms with van der Waals surface area (Å²) in [6.45, 7) is -0.477. The van der Waals surface area contributed by atoms with Gasteiger partial charge in [-0.3, -0.25) is 14.5 Å². The van der Waals surface area contributed by atoms with E-state index in [1.165, 1.54) is 4.90 Å². The zero-order valence-electron chi connectivity index (χ0n) is 11.5. The topological polar surface area (TPSA) is 104 Å². The molecular formula is C14H17N3O4. The van der Waals surface area contributed by atoms with Gasteiger partial charge in [-0.15, -0.1) is 0 Å². The third kappa shape index (κ3) is 3.50. The Morgan fingerprint density at radius 1 is 1.24 bits per heavy atom. The molecule has 0 fully saturated rings. The number of primary amides is 1. The number of carboxylic acid groups (broad SMARTS) is 1. The smallest absolute Gasteiger partial charge is 0.325 e. The van der Waals surface area contributed by atoms with Gasteiger partial charge < -0.3 is 15.7 Å². The van der Waals surface area contributed by atoms with Crippen LogP contribution >= 0.6 is 0 Å². The first kappa shape index (κ1) is 14.8. The number of benzene rings is 1. The van der Waals surface area contributed by atoms with Crippen molar-refractivity contribution in [2.24, 2.45) is 5.73 Å². The molecule has 0 bridgehead atoms. The van der Waals surface area contributed by atoms with E-state index in [4.69, 9.17) is 10.8 Å². The number of carbonyl (C=O) groups excluding carboxylic acids is 2. The van der Waals surface area contributed by atoms with Crippen LogP contribution in [0.15, 0.2) is 24.3 Å². The molecule has 0 saturated heterocycles. The molecular weight excluding hydrogens is 274 g/mol. The van der Waals surface area contributed by atoms with Crippen LogP contribution < -0.4 is 10.6 Å². The molecule has 112 valence electrons. The van der Waals surface area contributed by atoms with Crippen LogP contribution in [0.3, 0.4) is 0 Å². The first-order valence-corrected chi connectivity index (χ1v) is 6.63. The average molecular weight is 291 g/mol. The number of para-hydroxylation sites is 1. The van der Waals surface area contributed by atoms with Gasteiger partial charge >= 0.3 is 12.0 Å². The Morgan fingerprint density at radius 2 is 1.95 bits per heavy atom. The molecule has 7 heteroatoms.